The second-order valence-electron chi connectivity index (χ2n) is 8.11. The second-order valence-corrected chi connectivity index (χ2v) is 8.52. The Balaban J connectivity index is 1.26. The molecule has 166 valence electrons. The Labute approximate surface area is 189 Å². The number of nitrogens with zero attached hydrogens (tertiary/aromatic N) is 4. The summed E-state index contributed by atoms with van der Waals surface area (Å²) in [6, 6.07) is 12.3. The molecule has 2 saturated heterocycles. The number of aliphatic imine (C=N–C) groups is 1. The topological polar surface area (TPSA) is 65.0 Å². The Morgan fingerprint density at radius 1 is 1.16 bits per heavy atom. The Morgan fingerprint density at radius 3 is 2.81 bits per heavy atom. The average Bonchev–Trinajstić information content (AvgIpc) is 3.46. The number of hydrogen-bond donors (Lipinski definition) is 2. The summed E-state index contributed by atoms with van der Waals surface area (Å²) in [5.41, 5.74) is 1.18. The van der Waals surface area contributed by atoms with E-state index in [-0.39, 0.29) is 0 Å². The summed E-state index contributed by atoms with van der Waals surface area (Å²) in [4.78, 5) is 13.5. The monoisotopic (exact) mass is 442 g/mol. The minimum absolute atomic E-state index is 0.318. The molecule has 0 amide bonds. The zero-order chi connectivity index (χ0) is 21.6. The molecule has 8 heteroatoms. The number of anilines is 2. The highest BCUT2D eigenvalue weighted by Crippen LogP contribution is 2.31. The minimum Gasteiger partial charge on any atom is -0.495 e. The van der Waals surface area contributed by atoms with Gasteiger partial charge in [0.25, 0.3) is 0 Å². The molecule has 1 aromatic carbocycles. The van der Waals surface area contributed by atoms with Crippen LogP contribution in [-0.2, 0) is 0 Å². The average molecular weight is 443 g/mol. The van der Waals surface area contributed by atoms with Crippen molar-refractivity contribution >= 4 is 29.1 Å². The van der Waals surface area contributed by atoms with E-state index in [1.165, 1.54) is 5.69 Å². The minimum atomic E-state index is 0.318. The molecule has 0 saturated carbocycles. The van der Waals surface area contributed by atoms with Crippen molar-refractivity contribution in [1.82, 2.24) is 15.6 Å². The summed E-state index contributed by atoms with van der Waals surface area (Å²) in [5.74, 6) is 3.22. The lowest BCUT2D eigenvalue weighted by atomic mass is 10.1. The van der Waals surface area contributed by atoms with Crippen molar-refractivity contribution in [2.45, 2.75) is 18.9 Å². The molecule has 0 spiro atoms. The van der Waals surface area contributed by atoms with Gasteiger partial charge in [-0.3, -0.25) is 4.99 Å². The number of guanidine groups is 1. The summed E-state index contributed by atoms with van der Waals surface area (Å²) in [6.07, 6.45) is 3.97. The molecule has 0 radical (unpaired) electrons. The maximum Gasteiger partial charge on any atom is 0.191 e. The molecule has 2 aliphatic rings. The predicted molar refractivity (Wildman–Crippen MR) is 128 cm³/mol. The van der Waals surface area contributed by atoms with Crippen LogP contribution in [0.25, 0.3) is 0 Å². The molecule has 2 atom stereocenters. The van der Waals surface area contributed by atoms with Gasteiger partial charge in [0.05, 0.1) is 17.8 Å². The summed E-state index contributed by atoms with van der Waals surface area (Å²) < 4.78 is 5.53. The van der Waals surface area contributed by atoms with Crippen LogP contribution in [0.3, 0.4) is 0 Å². The fourth-order valence-electron chi connectivity index (χ4n) is 4.42. The highest BCUT2D eigenvalue weighted by atomic mass is 35.5. The van der Waals surface area contributed by atoms with Gasteiger partial charge in [-0.1, -0.05) is 23.7 Å². The number of para-hydroxylation sites is 2. The van der Waals surface area contributed by atoms with E-state index in [4.69, 9.17) is 16.3 Å². The molecule has 3 heterocycles. The van der Waals surface area contributed by atoms with Crippen molar-refractivity contribution in [2.75, 3.05) is 56.7 Å². The van der Waals surface area contributed by atoms with Crippen molar-refractivity contribution in [3.05, 3.63) is 47.6 Å². The number of methoxy groups -OCH3 is 1. The lowest BCUT2D eigenvalue weighted by Gasteiger charge is -2.22. The van der Waals surface area contributed by atoms with Gasteiger partial charge in [-0.05, 0) is 43.0 Å². The van der Waals surface area contributed by atoms with Gasteiger partial charge in [0.2, 0.25) is 0 Å². The van der Waals surface area contributed by atoms with Crippen molar-refractivity contribution in [3.63, 3.8) is 0 Å². The zero-order valence-electron chi connectivity index (χ0n) is 18.2. The number of benzene rings is 1. The largest absolute Gasteiger partial charge is 0.495 e. The van der Waals surface area contributed by atoms with Gasteiger partial charge in [-0.25, -0.2) is 4.98 Å². The zero-order valence-corrected chi connectivity index (χ0v) is 19.0. The van der Waals surface area contributed by atoms with E-state index in [0.717, 1.165) is 63.1 Å². The van der Waals surface area contributed by atoms with Crippen molar-refractivity contribution < 1.29 is 4.74 Å². The van der Waals surface area contributed by atoms with Crippen LogP contribution < -0.4 is 25.2 Å². The number of hydrogen-bond acceptors (Lipinski definition) is 5. The van der Waals surface area contributed by atoms with Crippen LogP contribution in [0, 0.1) is 5.92 Å². The lowest BCUT2D eigenvalue weighted by Crippen LogP contribution is -2.46. The van der Waals surface area contributed by atoms with E-state index in [0.29, 0.717) is 17.0 Å². The molecule has 31 heavy (non-hydrogen) atoms. The summed E-state index contributed by atoms with van der Waals surface area (Å²) >= 11 is 6.31. The van der Waals surface area contributed by atoms with Gasteiger partial charge < -0.3 is 25.2 Å². The first-order valence-corrected chi connectivity index (χ1v) is 11.3. The first-order valence-electron chi connectivity index (χ1n) is 10.9. The summed E-state index contributed by atoms with van der Waals surface area (Å²) in [6.45, 7) is 4.75. The summed E-state index contributed by atoms with van der Waals surface area (Å²) in [5, 5.41) is 7.79. The molecular weight excluding hydrogens is 412 g/mol. The van der Waals surface area contributed by atoms with E-state index in [1.54, 1.807) is 13.3 Å². The second kappa shape index (κ2) is 10.1. The summed E-state index contributed by atoms with van der Waals surface area (Å²) in [7, 11) is 3.56. The fraction of sp³-hybridized carbons (Fsp3) is 0.478. The van der Waals surface area contributed by atoms with E-state index in [9.17, 15) is 0 Å². The van der Waals surface area contributed by atoms with Crippen LogP contribution in [-0.4, -0.2) is 63.9 Å². The van der Waals surface area contributed by atoms with Crippen molar-refractivity contribution in [3.8, 4) is 5.75 Å². The van der Waals surface area contributed by atoms with Crippen LogP contribution >= 0.6 is 11.6 Å². The molecule has 1 aromatic heterocycles. The highest BCUT2D eigenvalue weighted by molar-refractivity contribution is 6.32. The Morgan fingerprint density at radius 2 is 2.00 bits per heavy atom. The molecule has 7 nitrogen and oxygen atoms in total. The number of nitrogens with one attached hydrogen (secondary N) is 2. The fourth-order valence-corrected chi connectivity index (χ4v) is 4.66. The SMILES string of the molecule is CN=C(NCC1CCN(c2ccccc2OC)C1)NC1CCN(c2ncccc2Cl)C1. The third-order valence-corrected chi connectivity index (χ3v) is 6.36. The number of rotatable bonds is 6. The van der Waals surface area contributed by atoms with E-state index < -0.39 is 0 Å². The number of halogens is 1. The van der Waals surface area contributed by atoms with Crippen LogP contribution in [0.5, 0.6) is 5.75 Å². The van der Waals surface area contributed by atoms with Crippen LogP contribution in [0.4, 0.5) is 11.5 Å². The molecule has 4 rings (SSSR count). The molecule has 0 aliphatic carbocycles. The first-order chi connectivity index (χ1) is 15.2. The van der Waals surface area contributed by atoms with Crippen LogP contribution in [0.15, 0.2) is 47.6 Å². The molecule has 2 aliphatic heterocycles. The Bertz CT molecular complexity index is 907. The van der Waals surface area contributed by atoms with Crippen molar-refractivity contribution in [1.29, 1.82) is 0 Å². The maximum atomic E-state index is 6.31. The standard InChI is InChI=1S/C23H31ClN6O/c1-25-23(28-18-10-13-30(16-18)22-19(24)6-5-11-26-22)27-14-17-9-12-29(15-17)20-7-3-4-8-21(20)31-2/h3-8,11,17-18H,9-10,12-16H2,1-2H3,(H2,25,27,28). The number of ether oxygens (including phenoxy) is 1. The highest BCUT2D eigenvalue weighted by Gasteiger charge is 2.27. The molecule has 2 N–H and O–H groups in total. The van der Waals surface area contributed by atoms with Gasteiger partial charge in [-0.15, -0.1) is 0 Å². The van der Waals surface area contributed by atoms with E-state index >= 15 is 0 Å². The molecule has 0 bridgehead atoms. The van der Waals surface area contributed by atoms with Gasteiger partial charge in [0.1, 0.15) is 11.6 Å². The molecular formula is C23H31ClN6O. The molecule has 2 fully saturated rings. The Kier molecular flexibility index (Phi) is 7.02. The first kappa shape index (κ1) is 21.6. The third kappa shape index (κ3) is 5.15. The maximum absolute atomic E-state index is 6.31. The number of aromatic nitrogens is 1. The van der Waals surface area contributed by atoms with Gasteiger partial charge in [0.15, 0.2) is 5.96 Å². The molecule has 2 unspecified atom stereocenters. The van der Waals surface area contributed by atoms with E-state index in [1.807, 2.05) is 31.3 Å². The van der Waals surface area contributed by atoms with Crippen LogP contribution in [0.2, 0.25) is 5.02 Å². The molecule has 2 aromatic rings. The quantitative estimate of drug-likeness (QED) is 0.529. The van der Waals surface area contributed by atoms with Crippen molar-refractivity contribution in [2.24, 2.45) is 10.9 Å². The van der Waals surface area contributed by atoms with Crippen LogP contribution in [0.1, 0.15) is 12.8 Å². The Hall–Kier alpha value is -2.67. The van der Waals surface area contributed by atoms with Gasteiger partial charge in [0, 0.05) is 52.0 Å². The number of pyridine rings is 1. The van der Waals surface area contributed by atoms with E-state index in [2.05, 4.69) is 42.5 Å². The lowest BCUT2D eigenvalue weighted by molar-refractivity contribution is 0.414. The normalized spacial score (nSPS) is 21.5. The van der Waals surface area contributed by atoms with Gasteiger partial charge in [-0.2, -0.15) is 0 Å². The third-order valence-electron chi connectivity index (χ3n) is 6.06. The van der Waals surface area contributed by atoms with Gasteiger partial charge >= 0.3 is 0 Å². The smallest absolute Gasteiger partial charge is 0.191 e. The predicted octanol–water partition coefficient (Wildman–Crippen LogP) is 3.01.